The Balaban J connectivity index is 1.69. The molecule has 0 saturated heterocycles. The number of hydrogen-bond acceptors (Lipinski definition) is 4. The van der Waals surface area contributed by atoms with Crippen LogP contribution in [0.4, 0.5) is 0 Å². The summed E-state index contributed by atoms with van der Waals surface area (Å²) in [5.74, 6) is -0.220. The predicted octanol–water partition coefficient (Wildman–Crippen LogP) is 5.67. The number of carbonyl (C=O) groups excluding carboxylic acids is 2. The number of fused-ring (bicyclic) bond motifs is 3. The Morgan fingerprint density at radius 3 is 1.87 bits per heavy atom. The minimum absolute atomic E-state index is 0.180. The first-order valence-corrected chi connectivity index (χ1v) is 10.9. The van der Waals surface area contributed by atoms with E-state index < -0.39 is 11.7 Å². The second-order valence-electron chi connectivity index (χ2n) is 9.25. The lowest BCUT2D eigenvalue weighted by Crippen LogP contribution is -2.66. The second kappa shape index (κ2) is 7.90. The van der Waals surface area contributed by atoms with Gasteiger partial charge in [0.1, 0.15) is 11.7 Å². The molecule has 2 aromatic carbocycles. The molecule has 2 bridgehead atoms. The van der Waals surface area contributed by atoms with Gasteiger partial charge in [-0.15, -0.1) is 0 Å². The molecule has 2 unspecified atom stereocenters. The van der Waals surface area contributed by atoms with E-state index in [4.69, 9.17) is 9.47 Å². The number of carbonyl (C=O) groups is 2. The summed E-state index contributed by atoms with van der Waals surface area (Å²) in [5.41, 5.74) is 0.00440. The molecule has 30 heavy (non-hydrogen) atoms. The fraction of sp³-hybridized carbons (Fsp3) is 0.462. The van der Waals surface area contributed by atoms with Crippen molar-refractivity contribution in [3.05, 3.63) is 71.8 Å². The molecule has 0 heterocycles. The molecular formula is C26H30O4. The number of rotatable bonds is 5. The molecule has 3 aliphatic rings. The van der Waals surface area contributed by atoms with Gasteiger partial charge in [0.15, 0.2) is 0 Å². The molecule has 0 amide bonds. The molecule has 2 aromatic rings. The molecule has 158 valence electrons. The quantitative estimate of drug-likeness (QED) is 0.600. The van der Waals surface area contributed by atoms with Crippen molar-refractivity contribution in [2.24, 2.45) is 17.3 Å². The molecule has 3 saturated carbocycles. The standard InChI is InChI=1S/C26H30O4/c1-18(2)26-16-14-21(15-17-26)25(3,30-23(28)20-12-8-5-9-13-20)24(26)29-22(27)19-10-6-4-7-11-19/h4-13,18,21,24H,14-17H2,1-3H3. The molecule has 4 nitrogen and oxygen atoms in total. The zero-order chi connectivity index (χ0) is 21.4. The average molecular weight is 407 g/mol. The third kappa shape index (κ3) is 3.42. The lowest BCUT2D eigenvalue weighted by atomic mass is 9.49. The number of hydrogen-bond donors (Lipinski definition) is 0. The summed E-state index contributed by atoms with van der Waals surface area (Å²) in [6.45, 7) is 6.35. The molecule has 0 radical (unpaired) electrons. The highest BCUT2D eigenvalue weighted by Crippen LogP contribution is 2.60. The van der Waals surface area contributed by atoms with Crippen molar-refractivity contribution in [3.8, 4) is 0 Å². The van der Waals surface area contributed by atoms with Gasteiger partial charge in [0.05, 0.1) is 11.1 Å². The number of esters is 2. The summed E-state index contributed by atoms with van der Waals surface area (Å²) in [5, 5.41) is 0. The molecule has 2 atom stereocenters. The van der Waals surface area contributed by atoms with Crippen molar-refractivity contribution in [1.82, 2.24) is 0 Å². The van der Waals surface area contributed by atoms with E-state index in [1.807, 2.05) is 43.3 Å². The van der Waals surface area contributed by atoms with Crippen LogP contribution in [-0.4, -0.2) is 23.6 Å². The summed E-state index contributed by atoms with van der Waals surface area (Å²) in [6.07, 6.45) is 3.46. The highest BCUT2D eigenvalue weighted by atomic mass is 16.6. The van der Waals surface area contributed by atoms with E-state index in [1.54, 1.807) is 24.3 Å². The number of benzene rings is 2. The lowest BCUT2D eigenvalue weighted by molar-refractivity contribution is -0.228. The zero-order valence-corrected chi connectivity index (χ0v) is 18.0. The van der Waals surface area contributed by atoms with Crippen molar-refractivity contribution < 1.29 is 19.1 Å². The first kappa shape index (κ1) is 20.6. The molecule has 3 aliphatic carbocycles. The minimum Gasteiger partial charge on any atom is -0.454 e. The SMILES string of the molecule is CC(C)C12CCC(CC1)C(C)(OC(=O)c1ccccc1)C2OC(=O)c1ccccc1. The first-order chi connectivity index (χ1) is 14.4. The van der Waals surface area contributed by atoms with Crippen LogP contribution < -0.4 is 0 Å². The Morgan fingerprint density at radius 2 is 1.37 bits per heavy atom. The van der Waals surface area contributed by atoms with Crippen LogP contribution in [0.1, 0.15) is 67.2 Å². The topological polar surface area (TPSA) is 52.6 Å². The third-order valence-corrected chi connectivity index (χ3v) is 7.48. The molecule has 0 aromatic heterocycles. The van der Waals surface area contributed by atoms with Crippen molar-refractivity contribution in [2.75, 3.05) is 0 Å². The molecular weight excluding hydrogens is 376 g/mol. The van der Waals surface area contributed by atoms with Gasteiger partial charge >= 0.3 is 11.9 Å². The molecule has 4 heteroatoms. The van der Waals surface area contributed by atoms with Crippen LogP contribution in [0.3, 0.4) is 0 Å². The maximum atomic E-state index is 13.0. The Hall–Kier alpha value is -2.62. The summed E-state index contributed by atoms with van der Waals surface area (Å²) >= 11 is 0. The van der Waals surface area contributed by atoms with Gasteiger partial charge in [0, 0.05) is 11.3 Å². The predicted molar refractivity (Wildman–Crippen MR) is 115 cm³/mol. The fourth-order valence-electron chi connectivity index (χ4n) is 5.61. The molecule has 0 aliphatic heterocycles. The van der Waals surface area contributed by atoms with E-state index in [0.29, 0.717) is 17.0 Å². The largest absolute Gasteiger partial charge is 0.454 e. The van der Waals surface area contributed by atoms with Crippen LogP contribution in [-0.2, 0) is 9.47 Å². The zero-order valence-electron chi connectivity index (χ0n) is 18.0. The average Bonchev–Trinajstić information content (AvgIpc) is 2.77. The maximum absolute atomic E-state index is 13.0. The van der Waals surface area contributed by atoms with Crippen molar-refractivity contribution in [2.45, 2.75) is 58.2 Å². The Kier molecular flexibility index (Phi) is 5.44. The van der Waals surface area contributed by atoms with Gasteiger partial charge in [0.2, 0.25) is 0 Å². The van der Waals surface area contributed by atoms with Gasteiger partial charge in [-0.3, -0.25) is 0 Å². The van der Waals surface area contributed by atoms with Crippen LogP contribution in [0.5, 0.6) is 0 Å². The van der Waals surface area contributed by atoms with E-state index in [9.17, 15) is 9.59 Å². The van der Waals surface area contributed by atoms with Gasteiger partial charge in [-0.2, -0.15) is 0 Å². The van der Waals surface area contributed by atoms with Crippen LogP contribution in [0.2, 0.25) is 0 Å². The molecule has 3 fully saturated rings. The number of ether oxygens (including phenoxy) is 2. The van der Waals surface area contributed by atoms with Gasteiger partial charge in [-0.05, 0) is 62.8 Å². The maximum Gasteiger partial charge on any atom is 0.338 e. The Bertz CT molecular complexity index is 897. The lowest BCUT2D eigenvalue weighted by Gasteiger charge is -2.61. The van der Waals surface area contributed by atoms with Crippen molar-refractivity contribution in [3.63, 3.8) is 0 Å². The van der Waals surface area contributed by atoms with E-state index in [0.717, 1.165) is 25.7 Å². The summed E-state index contributed by atoms with van der Waals surface area (Å²) < 4.78 is 12.4. The smallest absolute Gasteiger partial charge is 0.338 e. The second-order valence-corrected chi connectivity index (χ2v) is 9.25. The van der Waals surface area contributed by atoms with Crippen LogP contribution in [0.25, 0.3) is 0 Å². The van der Waals surface area contributed by atoms with Gasteiger partial charge in [0.25, 0.3) is 0 Å². The van der Waals surface area contributed by atoms with E-state index in [1.165, 1.54) is 0 Å². The van der Waals surface area contributed by atoms with Gasteiger partial charge < -0.3 is 9.47 Å². The highest BCUT2D eigenvalue weighted by Gasteiger charge is 2.64. The van der Waals surface area contributed by atoms with E-state index in [2.05, 4.69) is 13.8 Å². The van der Waals surface area contributed by atoms with Crippen LogP contribution in [0, 0.1) is 17.3 Å². The monoisotopic (exact) mass is 406 g/mol. The molecule has 0 spiro atoms. The van der Waals surface area contributed by atoms with E-state index in [-0.39, 0.29) is 23.3 Å². The minimum atomic E-state index is -0.849. The summed E-state index contributed by atoms with van der Waals surface area (Å²) in [6, 6.07) is 18.1. The molecule has 5 rings (SSSR count). The van der Waals surface area contributed by atoms with E-state index >= 15 is 0 Å². The summed E-state index contributed by atoms with van der Waals surface area (Å²) in [4.78, 5) is 26.0. The molecule has 0 N–H and O–H groups in total. The highest BCUT2D eigenvalue weighted by molar-refractivity contribution is 5.90. The normalized spacial score (nSPS) is 30.1. The van der Waals surface area contributed by atoms with Gasteiger partial charge in [-0.1, -0.05) is 50.2 Å². The van der Waals surface area contributed by atoms with Crippen molar-refractivity contribution in [1.29, 1.82) is 0 Å². The van der Waals surface area contributed by atoms with Gasteiger partial charge in [-0.25, -0.2) is 9.59 Å². The fourth-order valence-corrected chi connectivity index (χ4v) is 5.61. The van der Waals surface area contributed by atoms with Crippen LogP contribution >= 0.6 is 0 Å². The third-order valence-electron chi connectivity index (χ3n) is 7.48. The Labute approximate surface area is 178 Å². The van der Waals surface area contributed by atoms with Crippen molar-refractivity contribution >= 4 is 11.9 Å². The van der Waals surface area contributed by atoms with Crippen LogP contribution in [0.15, 0.2) is 60.7 Å². The first-order valence-electron chi connectivity index (χ1n) is 10.9. The Morgan fingerprint density at radius 1 is 0.867 bits per heavy atom. The summed E-state index contributed by atoms with van der Waals surface area (Å²) in [7, 11) is 0.